The quantitative estimate of drug-likeness (QED) is 0.847. The Hall–Kier alpha value is -2.36. The third-order valence-corrected chi connectivity index (χ3v) is 4.37. The summed E-state index contributed by atoms with van der Waals surface area (Å²) in [7, 11) is 0. The Morgan fingerprint density at radius 3 is 2.32 bits per heavy atom. The number of nitrogens with zero attached hydrogens (tertiary/aromatic N) is 2. The SMILES string of the molecule is O=C(c1ccc(F)cc1)N1CCN(C2CC2)c2ccccc21. The van der Waals surface area contributed by atoms with Crippen LogP contribution in [0.5, 0.6) is 0 Å². The lowest BCUT2D eigenvalue weighted by Gasteiger charge is -2.38. The Morgan fingerprint density at radius 1 is 0.955 bits per heavy atom. The Kier molecular flexibility index (Phi) is 3.10. The van der Waals surface area contributed by atoms with Gasteiger partial charge in [0, 0.05) is 24.7 Å². The monoisotopic (exact) mass is 296 g/mol. The molecule has 2 aromatic carbocycles. The molecule has 2 aliphatic rings. The second-order valence-electron chi connectivity index (χ2n) is 5.88. The van der Waals surface area contributed by atoms with E-state index in [0.29, 0.717) is 18.2 Å². The van der Waals surface area contributed by atoms with Crippen LogP contribution in [-0.2, 0) is 0 Å². The maximum atomic E-state index is 13.0. The van der Waals surface area contributed by atoms with Crippen LogP contribution < -0.4 is 9.80 Å². The summed E-state index contributed by atoms with van der Waals surface area (Å²) in [5.74, 6) is -0.390. The van der Waals surface area contributed by atoms with Crippen LogP contribution in [0.2, 0.25) is 0 Å². The molecule has 2 aromatic rings. The van der Waals surface area contributed by atoms with E-state index >= 15 is 0 Å². The number of hydrogen-bond donors (Lipinski definition) is 0. The van der Waals surface area contributed by atoms with Crippen molar-refractivity contribution in [2.75, 3.05) is 22.9 Å². The Labute approximate surface area is 129 Å². The number of carbonyl (C=O) groups is 1. The summed E-state index contributed by atoms with van der Waals surface area (Å²) in [5.41, 5.74) is 2.61. The number of hydrogen-bond acceptors (Lipinski definition) is 2. The van der Waals surface area contributed by atoms with Gasteiger partial charge in [0.05, 0.1) is 11.4 Å². The fourth-order valence-corrected chi connectivity index (χ4v) is 3.11. The largest absolute Gasteiger partial charge is 0.365 e. The van der Waals surface area contributed by atoms with Gasteiger partial charge in [-0.2, -0.15) is 0 Å². The maximum absolute atomic E-state index is 13.0. The molecule has 1 heterocycles. The highest BCUT2D eigenvalue weighted by Gasteiger charge is 2.35. The van der Waals surface area contributed by atoms with Crippen LogP contribution in [0.25, 0.3) is 0 Å². The molecule has 0 saturated heterocycles. The Bertz CT molecular complexity index is 709. The molecule has 112 valence electrons. The molecule has 0 aromatic heterocycles. The molecule has 1 fully saturated rings. The summed E-state index contributed by atoms with van der Waals surface area (Å²) < 4.78 is 13.0. The van der Waals surface area contributed by atoms with E-state index in [-0.39, 0.29) is 11.7 Å². The zero-order valence-corrected chi connectivity index (χ0v) is 12.2. The van der Waals surface area contributed by atoms with Crippen molar-refractivity contribution >= 4 is 17.3 Å². The number of anilines is 2. The highest BCUT2D eigenvalue weighted by molar-refractivity contribution is 6.08. The van der Waals surface area contributed by atoms with E-state index in [2.05, 4.69) is 11.0 Å². The van der Waals surface area contributed by atoms with Crippen molar-refractivity contribution in [2.45, 2.75) is 18.9 Å². The highest BCUT2D eigenvalue weighted by Crippen LogP contribution is 2.40. The first kappa shape index (κ1) is 13.3. The summed E-state index contributed by atoms with van der Waals surface area (Å²) in [6.07, 6.45) is 2.47. The zero-order chi connectivity index (χ0) is 15.1. The lowest BCUT2D eigenvalue weighted by Crippen LogP contribution is -2.45. The van der Waals surface area contributed by atoms with Crippen molar-refractivity contribution < 1.29 is 9.18 Å². The summed E-state index contributed by atoms with van der Waals surface area (Å²) >= 11 is 0. The Morgan fingerprint density at radius 2 is 1.64 bits per heavy atom. The van der Waals surface area contributed by atoms with Crippen LogP contribution in [0.15, 0.2) is 48.5 Å². The first-order valence-electron chi connectivity index (χ1n) is 7.67. The van der Waals surface area contributed by atoms with Crippen molar-refractivity contribution in [1.82, 2.24) is 0 Å². The van der Waals surface area contributed by atoms with Crippen LogP contribution in [0.3, 0.4) is 0 Å². The van der Waals surface area contributed by atoms with Gasteiger partial charge in [0.1, 0.15) is 5.82 Å². The van der Waals surface area contributed by atoms with Crippen molar-refractivity contribution in [2.24, 2.45) is 0 Å². The molecule has 3 nitrogen and oxygen atoms in total. The van der Waals surface area contributed by atoms with Gasteiger partial charge < -0.3 is 9.80 Å². The number of carbonyl (C=O) groups excluding carboxylic acids is 1. The lowest BCUT2D eigenvalue weighted by molar-refractivity contribution is 0.0986. The first-order chi connectivity index (χ1) is 10.7. The van der Waals surface area contributed by atoms with Crippen LogP contribution in [-0.4, -0.2) is 25.0 Å². The van der Waals surface area contributed by atoms with Gasteiger partial charge in [0.25, 0.3) is 5.91 Å². The molecule has 0 atom stereocenters. The molecule has 0 bridgehead atoms. The summed E-state index contributed by atoms with van der Waals surface area (Å²) in [6, 6.07) is 14.4. The predicted octanol–water partition coefficient (Wildman–Crippen LogP) is 3.45. The number of amides is 1. The van der Waals surface area contributed by atoms with Gasteiger partial charge in [-0.1, -0.05) is 12.1 Å². The van der Waals surface area contributed by atoms with Crippen LogP contribution >= 0.6 is 0 Å². The molecule has 1 aliphatic carbocycles. The van der Waals surface area contributed by atoms with Crippen LogP contribution in [0, 0.1) is 5.82 Å². The van der Waals surface area contributed by atoms with Crippen molar-refractivity contribution in [3.8, 4) is 0 Å². The summed E-state index contributed by atoms with van der Waals surface area (Å²) in [5, 5.41) is 0. The molecule has 1 aliphatic heterocycles. The molecular formula is C18H17FN2O. The molecule has 1 saturated carbocycles. The average molecular weight is 296 g/mol. The first-order valence-corrected chi connectivity index (χ1v) is 7.67. The van der Waals surface area contributed by atoms with Gasteiger partial charge >= 0.3 is 0 Å². The average Bonchev–Trinajstić information content (AvgIpc) is 3.39. The minimum atomic E-state index is -0.324. The summed E-state index contributed by atoms with van der Waals surface area (Å²) in [4.78, 5) is 17.0. The number of halogens is 1. The Balaban J connectivity index is 1.68. The molecule has 22 heavy (non-hydrogen) atoms. The number of rotatable bonds is 2. The molecule has 0 radical (unpaired) electrons. The minimum Gasteiger partial charge on any atom is -0.365 e. The van der Waals surface area contributed by atoms with Gasteiger partial charge in [0.15, 0.2) is 0 Å². The normalized spacial score (nSPS) is 17.3. The molecular weight excluding hydrogens is 279 g/mol. The second kappa shape index (κ2) is 5.13. The minimum absolute atomic E-state index is 0.0668. The van der Waals surface area contributed by atoms with E-state index < -0.39 is 0 Å². The van der Waals surface area contributed by atoms with Gasteiger partial charge in [-0.3, -0.25) is 4.79 Å². The van der Waals surface area contributed by atoms with E-state index in [1.165, 1.54) is 25.0 Å². The molecule has 0 N–H and O–H groups in total. The predicted molar refractivity (Wildman–Crippen MR) is 84.9 cm³/mol. The van der Waals surface area contributed by atoms with E-state index in [0.717, 1.165) is 17.9 Å². The lowest BCUT2D eigenvalue weighted by atomic mass is 10.1. The third-order valence-electron chi connectivity index (χ3n) is 4.37. The molecule has 0 spiro atoms. The third kappa shape index (κ3) is 2.25. The summed E-state index contributed by atoms with van der Waals surface area (Å²) in [6.45, 7) is 1.53. The zero-order valence-electron chi connectivity index (χ0n) is 12.2. The van der Waals surface area contributed by atoms with E-state index in [1.54, 1.807) is 17.0 Å². The molecule has 1 amide bonds. The topological polar surface area (TPSA) is 23.6 Å². The number of benzene rings is 2. The van der Waals surface area contributed by atoms with Crippen molar-refractivity contribution in [3.63, 3.8) is 0 Å². The fraction of sp³-hybridized carbons (Fsp3) is 0.278. The van der Waals surface area contributed by atoms with Crippen LogP contribution in [0.1, 0.15) is 23.2 Å². The van der Waals surface area contributed by atoms with Crippen molar-refractivity contribution in [1.29, 1.82) is 0 Å². The second-order valence-corrected chi connectivity index (χ2v) is 5.88. The van der Waals surface area contributed by atoms with Gasteiger partial charge in [-0.05, 0) is 49.2 Å². The highest BCUT2D eigenvalue weighted by atomic mass is 19.1. The molecule has 4 heteroatoms. The van der Waals surface area contributed by atoms with E-state index in [9.17, 15) is 9.18 Å². The number of fused-ring (bicyclic) bond motifs is 1. The van der Waals surface area contributed by atoms with Gasteiger partial charge in [-0.15, -0.1) is 0 Å². The standard InChI is InChI=1S/C18H17FN2O/c19-14-7-5-13(6-8-14)18(22)21-12-11-20(15-9-10-15)16-3-1-2-4-17(16)21/h1-8,15H,9-12H2. The van der Waals surface area contributed by atoms with Gasteiger partial charge in [-0.25, -0.2) is 4.39 Å². The number of para-hydroxylation sites is 2. The molecule has 0 unspecified atom stereocenters. The maximum Gasteiger partial charge on any atom is 0.258 e. The van der Waals surface area contributed by atoms with E-state index in [1.807, 2.05) is 18.2 Å². The fourth-order valence-electron chi connectivity index (χ4n) is 3.11. The molecule has 4 rings (SSSR count). The van der Waals surface area contributed by atoms with E-state index in [4.69, 9.17) is 0 Å². The van der Waals surface area contributed by atoms with Gasteiger partial charge in [0.2, 0.25) is 0 Å². The van der Waals surface area contributed by atoms with Crippen molar-refractivity contribution in [3.05, 3.63) is 59.9 Å². The smallest absolute Gasteiger partial charge is 0.258 e. The van der Waals surface area contributed by atoms with Crippen LogP contribution in [0.4, 0.5) is 15.8 Å².